The van der Waals surface area contributed by atoms with Crippen molar-refractivity contribution in [3.8, 4) is 0 Å². The molecule has 1 rings (SSSR count). The number of benzene rings is 1. The van der Waals surface area contributed by atoms with Crippen molar-refractivity contribution < 1.29 is 4.79 Å². The molecule has 1 N–H and O–H groups in total. The van der Waals surface area contributed by atoms with E-state index in [1.807, 2.05) is 38.1 Å². The summed E-state index contributed by atoms with van der Waals surface area (Å²) in [5, 5.41) is 3.20. The Morgan fingerprint density at radius 1 is 1.44 bits per heavy atom. The number of hydrogen-bond donors (Lipinski definition) is 1. The van der Waals surface area contributed by atoms with Gasteiger partial charge in [-0.1, -0.05) is 48.0 Å². The maximum absolute atomic E-state index is 11.9. The lowest BCUT2D eigenvalue weighted by molar-refractivity contribution is -0.121. The molecule has 0 heterocycles. The van der Waals surface area contributed by atoms with Crippen LogP contribution in [0.2, 0.25) is 0 Å². The van der Waals surface area contributed by atoms with Gasteiger partial charge in [0.25, 0.3) is 0 Å². The lowest BCUT2D eigenvalue weighted by Crippen LogP contribution is -2.27. The first kappa shape index (κ1) is 13.4. The standard InChI is InChI=1S/C13H18BrNO/c1-3-15-9-10(2)13(16)8-11-6-4-5-7-12(11)14/h4-7,10,15H,3,8-9H2,1-2H3. The Labute approximate surface area is 106 Å². The zero-order chi connectivity index (χ0) is 12.0. The number of nitrogens with one attached hydrogen (secondary N) is 1. The minimum atomic E-state index is 0.0760. The molecule has 1 atom stereocenters. The third kappa shape index (κ3) is 4.06. The summed E-state index contributed by atoms with van der Waals surface area (Å²) in [7, 11) is 0. The summed E-state index contributed by atoms with van der Waals surface area (Å²) in [6.45, 7) is 5.69. The van der Waals surface area contributed by atoms with Crippen molar-refractivity contribution >= 4 is 21.7 Å². The highest BCUT2D eigenvalue weighted by Crippen LogP contribution is 2.17. The fourth-order valence-electron chi connectivity index (χ4n) is 1.48. The number of hydrogen-bond acceptors (Lipinski definition) is 2. The molecule has 1 unspecified atom stereocenters. The maximum Gasteiger partial charge on any atom is 0.141 e. The summed E-state index contributed by atoms with van der Waals surface area (Å²) in [6.07, 6.45) is 0.508. The summed E-state index contributed by atoms with van der Waals surface area (Å²) >= 11 is 3.46. The van der Waals surface area contributed by atoms with E-state index in [4.69, 9.17) is 0 Å². The Kier molecular flexibility index (Phi) is 5.71. The molecular formula is C13H18BrNO. The van der Waals surface area contributed by atoms with E-state index in [9.17, 15) is 4.79 Å². The van der Waals surface area contributed by atoms with Gasteiger partial charge in [0.05, 0.1) is 0 Å². The highest BCUT2D eigenvalue weighted by Gasteiger charge is 2.13. The normalized spacial score (nSPS) is 12.4. The Bertz CT molecular complexity index is 352. The number of Topliss-reactive ketones (excluding diaryl/α,β-unsaturated/α-hetero) is 1. The van der Waals surface area contributed by atoms with Crippen LogP contribution in [0.1, 0.15) is 19.4 Å². The minimum absolute atomic E-state index is 0.0760. The Balaban J connectivity index is 2.54. The lowest BCUT2D eigenvalue weighted by atomic mass is 9.99. The average Bonchev–Trinajstić information content (AvgIpc) is 2.28. The highest BCUT2D eigenvalue weighted by molar-refractivity contribution is 9.10. The first-order valence-corrected chi connectivity index (χ1v) is 6.41. The molecule has 3 heteroatoms. The van der Waals surface area contributed by atoms with Gasteiger partial charge in [-0.05, 0) is 18.2 Å². The van der Waals surface area contributed by atoms with Crippen molar-refractivity contribution in [2.45, 2.75) is 20.3 Å². The molecule has 0 aliphatic carbocycles. The minimum Gasteiger partial charge on any atom is -0.316 e. The molecule has 16 heavy (non-hydrogen) atoms. The van der Waals surface area contributed by atoms with Gasteiger partial charge in [-0.3, -0.25) is 4.79 Å². The molecule has 0 bridgehead atoms. The second-order valence-electron chi connectivity index (χ2n) is 3.94. The summed E-state index contributed by atoms with van der Waals surface area (Å²) < 4.78 is 1.01. The van der Waals surface area contributed by atoms with Gasteiger partial charge in [0.1, 0.15) is 5.78 Å². The average molecular weight is 284 g/mol. The molecule has 0 radical (unpaired) electrons. The van der Waals surface area contributed by atoms with Gasteiger partial charge in [-0.2, -0.15) is 0 Å². The van der Waals surface area contributed by atoms with Crippen LogP contribution in [0.5, 0.6) is 0 Å². The summed E-state index contributed by atoms with van der Waals surface area (Å²) in [5.41, 5.74) is 1.07. The summed E-state index contributed by atoms with van der Waals surface area (Å²) in [4.78, 5) is 11.9. The smallest absolute Gasteiger partial charge is 0.141 e. The zero-order valence-corrected chi connectivity index (χ0v) is 11.4. The van der Waals surface area contributed by atoms with Gasteiger partial charge in [0, 0.05) is 23.4 Å². The third-order valence-corrected chi connectivity index (χ3v) is 3.35. The van der Waals surface area contributed by atoms with E-state index in [2.05, 4.69) is 21.2 Å². The lowest BCUT2D eigenvalue weighted by Gasteiger charge is -2.11. The van der Waals surface area contributed by atoms with Crippen LogP contribution in [-0.2, 0) is 11.2 Å². The first-order valence-electron chi connectivity index (χ1n) is 5.62. The van der Waals surface area contributed by atoms with Crippen LogP contribution in [-0.4, -0.2) is 18.9 Å². The third-order valence-electron chi connectivity index (χ3n) is 2.57. The monoisotopic (exact) mass is 283 g/mol. The molecule has 1 aromatic rings. The van der Waals surface area contributed by atoms with Crippen molar-refractivity contribution in [2.24, 2.45) is 5.92 Å². The maximum atomic E-state index is 11.9. The number of carbonyl (C=O) groups excluding carboxylic acids is 1. The van der Waals surface area contributed by atoms with E-state index in [0.29, 0.717) is 6.42 Å². The largest absolute Gasteiger partial charge is 0.316 e. The van der Waals surface area contributed by atoms with Gasteiger partial charge in [-0.25, -0.2) is 0 Å². The fourth-order valence-corrected chi connectivity index (χ4v) is 1.90. The number of carbonyl (C=O) groups is 1. The van der Waals surface area contributed by atoms with Crippen molar-refractivity contribution in [3.05, 3.63) is 34.3 Å². The Hall–Kier alpha value is -0.670. The molecule has 0 spiro atoms. The second kappa shape index (κ2) is 6.81. The van der Waals surface area contributed by atoms with Crippen molar-refractivity contribution in [2.75, 3.05) is 13.1 Å². The number of ketones is 1. The van der Waals surface area contributed by atoms with Crippen LogP contribution in [0.25, 0.3) is 0 Å². The van der Waals surface area contributed by atoms with E-state index in [-0.39, 0.29) is 11.7 Å². The molecular weight excluding hydrogens is 266 g/mol. The zero-order valence-electron chi connectivity index (χ0n) is 9.79. The number of rotatable bonds is 6. The molecule has 2 nitrogen and oxygen atoms in total. The summed E-state index contributed by atoms with van der Waals surface area (Å²) in [5.74, 6) is 0.361. The highest BCUT2D eigenvalue weighted by atomic mass is 79.9. The molecule has 0 fully saturated rings. The molecule has 1 aromatic carbocycles. The van der Waals surface area contributed by atoms with Gasteiger partial charge in [-0.15, -0.1) is 0 Å². The molecule has 0 aliphatic heterocycles. The molecule has 0 amide bonds. The predicted molar refractivity (Wildman–Crippen MR) is 70.6 cm³/mol. The van der Waals surface area contributed by atoms with Gasteiger partial charge in [0.15, 0.2) is 0 Å². The van der Waals surface area contributed by atoms with Crippen molar-refractivity contribution in [1.82, 2.24) is 5.32 Å². The van der Waals surface area contributed by atoms with Crippen LogP contribution < -0.4 is 5.32 Å². The van der Waals surface area contributed by atoms with Crippen LogP contribution in [0.3, 0.4) is 0 Å². The van der Waals surface area contributed by atoms with Gasteiger partial charge >= 0.3 is 0 Å². The van der Waals surface area contributed by atoms with Crippen LogP contribution in [0, 0.1) is 5.92 Å². The van der Waals surface area contributed by atoms with Gasteiger partial charge in [0.2, 0.25) is 0 Å². The SMILES string of the molecule is CCNCC(C)C(=O)Cc1ccccc1Br. The first-order chi connectivity index (χ1) is 7.65. The topological polar surface area (TPSA) is 29.1 Å². The van der Waals surface area contributed by atoms with Gasteiger partial charge < -0.3 is 5.32 Å². The molecule has 0 aromatic heterocycles. The van der Waals surface area contributed by atoms with Crippen LogP contribution in [0.15, 0.2) is 28.7 Å². The molecule has 0 aliphatic rings. The van der Waals surface area contributed by atoms with E-state index in [1.54, 1.807) is 0 Å². The number of halogens is 1. The van der Waals surface area contributed by atoms with E-state index < -0.39 is 0 Å². The Morgan fingerprint density at radius 2 is 2.12 bits per heavy atom. The predicted octanol–water partition coefficient (Wildman–Crippen LogP) is 2.81. The molecule has 88 valence electrons. The van der Waals surface area contributed by atoms with E-state index in [0.717, 1.165) is 23.1 Å². The quantitative estimate of drug-likeness (QED) is 0.870. The molecule has 0 saturated carbocycles. The second-order valence-corrected chi connectivity index (χ2v) is 4.80. The fraction of sp³-hybridized carbons (Fsp3) is 0.462. The van der Waals surface area contributed by atoms with Crippen LogP contribution in [0.4, 0.5) is 0 Å². The van der Waals surface area contributed by atoms with Crippen LogP contribution >= 0.6 is 15.9 Å². The van der Waals surface area contributed by atoms with Crippen molar-refractivity contribution in [3.63, 3.8) is 0 Å². The van der Waals surface area contributed by atoms with E-state index >= 15 is 0 Å². The summed E-state index contributed by atoms with van der Waals surface area (Å²) in [6, 6.07) is 7.88. The van der Waals surface area contributed by atoms with E-state index in [1.165, 1.54) is 0 Å². The molecule has 0 saturated heterocycles. The Morgan fingerprint density at radius 3 is 2.75 bits per heavy atom. The van der Waals surface area contributed by atoms with Crippen molar-refractivity contribution in [1.29, 1.82) is 0 Å².